The van der Waals surface area contributed by atoms with E-state index in [1.165, 1.54) is 24.3 Å². The molecule has 3 atom stereocenters. The Labute approximate surface area is 197 Å². The number of hydrogen-bond acceptors (Lipinski definition) is 8. The maximum Gasteiger partial charge on any atom is 0.272 e. The SMILES string of the molecule is COC[C@@H](CN(C)C)OC1(C)OC(=S)C2(C)c3[nH]nc(NC(=O)c4ccc(F)cc4)c3CN12. The number of aromatic nitrogens is 2. The molecule has 3 heterocycles. The molecule has 11 heteroatoms. The Kier molecular flexibility index (Phi) is 6.27. The van der Waals surface area contributed by atoms with Gasteiger partial charge in [0.2, 0.25) is 0 Å². The van der Waals surface area contributed by atoms with Gasteiger partial charge in [0.15, 0.2) is 10.9 Å². The molecule has 1 aromatic heterocycles. The molecule has 2 N–H and O–H groups in total. The van der Waals surface area contributed by atoms with Gasteiger partial charge < -0.3 is 24.4 Å². The lowest BCUT2D eigenvalue weighted by Gasteiger charge is -2.37. The van der Waals surface area contributed by atoms with Crippen molar-refractivity contribution >= 4 is 29.0 Å². The van der Waals surface area contributed by atoms with Crippen LogP contribution in [0.5, 0.6) is 0 Å². The Morgan fingerprint density at radius 2 is 2.09 bits per heavy atom. The number of ether oxygens (including phenoxy) is 3. The van der Waals surface area contributed by atoms with Crippen LogP contribution in [0.2, 0.25) is 0 Å². The number of halogens is 1. The van der Waals surface area contributed by atoms with Gasteiger partial charge in [-0.3, -0.25) is 9.89 Å². The standard InChI is InChI=1S/C22H28FN5O4S/c1-21-17-16(18(26-25-17)24-19(29)13-6-8-14(23)9-7-13)11-28(21)22(2,32-20(21)33)31-15(12-30-5)10-27(3)4/h6-9,15H,10-12H2,1-5H3,(H2,24,25,26,29)/t15-,21?,22?/m1/s1. The van der Waals surface area contributed by atoms with E-state index in [-0.39, 0.29) is 12.0 Å². The molecule has 0 bridgehead atoms. The third-order valence-electron chi connectivity index (χ3n) is 6.02. The van der Waals surface area contributed by atoms with Crippen molar-refractivity contribution in [2.45, 2.75) is 37.9 Å². The smallest absolute Gasteiger partial charge is 0.272 e. The summed E-state index contributed by atoms with van der Waals surface area (Å²) in [6.45, 7) is 5.19. The Morgan fingerprint density at radius 3 is 2.73 bits per heavy atom. The van der Waals surface area contributed by atoms with Gasteiger partial charge in [0.1, 0.15) is 11.4 Å². The number of carbonyl (C=O) groups excluding carboxylic acids is 1. The fourth-order valence-corrected chi connectivity index (χ4v) is 4.83. The van der Waals surface area contributed by atoms with Gasteiger partial charge in [-0.15, -0.1) is 0 Å². The molecule has 0 spiro atoms. The number of likely N-dealkylation sites (N-methyl/N-ethyl adjacent to an activating group) is 1. The zero-order valence-electron chi connectivity index (χ0n) is 19.3. The quantitative estimate of drug-likeness (QED) is 0.561. The predicted octanol–water partition coefficient (Wildman–Crippen LogP) is 2.46. The van der Waals surface area contributed by atoms with E-state index in [1.54, 1.807) is 7.11 Å². The van der Waals surface area contributed by atoms with Crippen molar-refractivity contribution in [2.24, 2.45) is 0 Å². The number of methoxy groups -OCH3 is 1. The summed E-state index contributed by atoms with van der Waals surface area (Å²) < 4.78 is 31.0. The van der Waals surface area contributed by atoms with E-state index in [9.17, 15) is 9.18 Å². The number of aromatic amines is 1. The Morgan fingerprint density at radius 1 is 1.39 bits per heavy atom. The van der Waals surface area contributed by atoms with Gasteiger partial charge in [0, 0.05) is 38.2 Å². The van der Waals surface area contributed by atoms with Crippen molar-refractivity contribution in [1.82, 2.24) is 20.0 Å². The van der Waals surface area contributed by atoms with Crippen molar-refractivity contribution in [3.63, 3.8) is 0 Å². The topological polar surface area (TPSA) is 92.0 Å². The fourth-order valence-electron chi connectivity index (χ4n) is 4.46. The van der Waals surface area contributed by atoms with E-state index in [4.69, 9.17) is 26.4 Å². The molecular formula is C22H28FN5O4S. The average molecular weight is 478 g/mol. The first-order valence-corrected chi connectivity index (χ1v) is 11.0. The van der Waals surface area contributed by atoms with Crippen LogP contribution in [0.4, 0.5) is 10.2 Å². The summed E-state index contributed by atoms with van der Waals surface area (Å²) in [5.41, 5.74) is 1.08. The monoisotopic (exact) mass is 477 g/mol. The van der Waals surface area contributed by atoms with E-state index in [0.29, 0.717) is 36.1 Å². The third kappa shape index (κ3) is 4.15. The summed E-state index contributed by atoms with van der Waals surface area (Å²) in [6.07, 6.45) is -0.255. The number of carbonyl (C=O) groups is 1. The van der Waals surface area contributed by atoms with Crippen molar-refractivity contribution in [1.29, 1.82) is 0 Å². The molecule has 0 radical (unpaired) electrons. The van der Waals surface area contributed by atoms with Gasteiger partial charge in [-0.25, -0.2) is 9.29 Å². The molecule has 1 saturated heterocycles. The van der Waals surface area contributed by atoms with E-state index in [2.05, 4.69) is 15.5 Å². The number of anilines is 1. The van der Waals surface area contributed by atoms with E-state index in [1.807, 2.05) is 37.7 Å². The van der Waals surface area contributed by atoms with Gasteiger partial charge >= 0.3 is 0 Å². The molecule has 1 amide bonds. The molecule has 33 heavy (non-hydrogen) atoms. The normalized spacial score (nSPS) is 25.1. The van der Waals surface area contributed by atoms with Crippen LogP contribution in [-0.2, 0) is 26.3 Å². The molecule has 2 aliphatic rings. The molecule has 2 unspecified atom stereocenters. The molecular weight excluding hydrogens is 449 g/mol. The summed E-state index contributed by atoms with van der Waals surface area (Å²) >= 11 is 5.63. The van der Waals surface area contributed by atoms with Gasteiger partial charge in [0.25, 0.3) is 11.8 Å². The fraction of sp³-hybridized carbons (Fsp3) is 0.500. The van der Waals surface area contributed by atoms with Crippen LogP contribution in [0.1, 0.15) is 35.5 Å². The second kappa shape index (κ2) is 8.73. The number of benzene rings is 1. The first kappa shape index (κ1) is 23.7. The van der Waals surface area contributed by atoms with Crippen molar-refractivity contribution in [2.75, 3.05) is 39.7 Å². The summed E-state index contributed by atoms with van der Waals surface area (Å²) in [5, 5.41) is 10.5. The first-order valence-electron chi connectivity index (χ1n) is 10.6. The van der Waals surface area contributed by atoms with E-state index in [0.717, 1.165) is 11.3 Å². The second-order valence-corrected chi connectivity index (χ2v) is 9.16. The van der Waals surface area contributed by atoms with Crippen LogP contribution in [-0.4, -0.2) is 77.3 Å². The number of nitrogens with zero attached hydrogens (tertiary/aromatic N) is 3. The van der Waals surface area contributed by atoms with Crippen molar-refractivity contribution < 1.29 is 23.4 Å². The van der Waals surface area contributed by atoms with Gasteiger partial charge in [-0.2, -0.15) is 5.10 Å². The maximum atomic E-state index is 13.2. The lowest BCUT2D eigenvalue weighted by atomic mass is 9.99. The molecule has 1 fully saturated rings. The minimum absolute atomic E-state index is 0.255. The number of thiocarbonyl (C=S) groups is 1. The third-order valence-corrected chi connectivity index (χ3v) is 6.51. The lowest BCUT2D eigenvalue weighted by Crippen LogP contribution is -2.52. The largest absolute Gasteiger partial charge is 0.440 e. The van der Waals surface area contributed by atoms with Crippen LogP contribution in [0, 0.1) is 5.82 Å². The highest BCUT2D eigenvalue weighted by Crippen LogP contribution is 2.51. The van der Waals surface area contributed by atoms with Crippen molar-refractivity contribution in [3.8, 4) is 0 Å². The average Bonchev–Trinajstić information content (AvgIpc) is 3.32. The molecule has 178 valence electrons. The molecule has 1 aromatic carbocycles. The van der Waals surface area contributed by atoms with Gasteiger partial charge in [-0.1, -0.05) is 0 Å². The van der Waals surface area contributed by atoms with Crippen LogP contribution in [0.15, 0.2) is 24.3 Å². The number of hydrogen-bond donors (Lipinski definition) is 2. The summed E-state index contributed by atoms with van der Waals surface area (Å²) in [7, 11) is 5.54. The maximum absolute atomic E-state index is 13.2. The molecule has 9 nitrogen and oxygen atoms in total. The molecule has 0 aliphatic carbocycles. The van der Waals surface area contributed by atoms with E-state index < -0.39 is 17.3 Å². The highest BCUT2D eigenvalue weighted by Gasteiger charge is 2.63. The highest BCUT2D eigenvalue weighted by atomic mass is 32.1. The number of H-pyrrole nitrogens is 1. The summed E-state index contributed by atoms with van der Waals surface area (Å²) in [4.78, 5) is 16.7. The Hall–Kier alpha value is -2.44. The summed E-state index contributed by atoms with van der Waals surface area (Å²) in [6, 6.07) is 5.32. The Bertz CT molecular complexity index is 1060. The van der Waals surface area contributed by atoms with Crippen LogP contribution >= 0.6 is 12.2 Å². The van der Waals surface area contributed by atoms with Gasteiger partial charge in [-0.05, 0) is 57.5 Å². The number of fused-ring (bicyclic) bond motifs is 3. The number of nitrogens with one attached hydrogen (secondary N) is 2. The van der Waals surface area contributed by atoms with Crippen molar-refractivity contribution in [3.05, 3.63) is 46.9 Å². The lowest BCUT2D eigenvalue weighted by molar-refractivity contribution is -0.284. The zero-order chi connectivity index (χ0) is 24.0. The molecule has 4 rings (SSSR count). The van der Waals surface area contributed by atoms with Crippen LogP contribution in [0.25, 0.3) is 0 Å². The minimum atomic E-state index is -1.14. The Balaban J connectivity index is 1.59. The molecule has 0 saturated carbocycles. The van der Waals surface area contributed by atoms with E-state index >= 15 is 0 Å². The summed E-state index contributed by atoms with van der Waals surface area (Å²) in [5.74, 6) is -1.54. The zero-order valence-corrected chi connectivity index (χ0v) is 20.1. The molecule has 2 aromatic rings. The second-order valence-electron chi connectivity index (χ2n) is 8.79. The predicted molar refractivity (Wildman–Crippen MR) is 123 cm³/mol. The minimum Gasteiger partial charge on any atom is -0.440 e. The first-order chi connectivity index (χ1) is 15.6. The van der Waals surface area contributed by atoms with Crippen LogP contribution < -0.4 is 5.32 Å². The number of amides is 1. The van der Waals surface area contributed by atoms with Crippen LogP contribution in [0.3, 0.4) is 0 Å². The highest BCUT2D eigenvalue weighted by molar-refractivity contribution is 7.80. The number of rotatable bonds is 8. The van der Waals surface area contributed by atoms with Gasteiger partial charge in [0.05, 0.1) is 18.4 Å². The molecule has 2 aliphatic heterocycles.